The fourth-order valence-corrected chi connectivity index (χ4v) is 3.10. The summed E-state index contributed by atoms with van der Waals surface area (Å²) < 4.78 is 11.0. The fourth-order valence-electron chi connectivity index (χ4n) is 2.97. The fraction of sp³-hybridized carbons (Fsp3) is 0.143. The molecule has 1 aliphatic heterocycles. The lowest BCUT2D eigenvalue weighted by molar-refractivity contribution is -0.138. The third-order valence-electron chi connectivity index (χ3n) is 4.15. The molecular formula is C21H17ClN2O3. The summed E-state index contributed by atoms with van der Waals surface area (Å²) in [6.07, 6.45) is 0. The molecule has 3 rings (SSSR count). The van der Waals surface area contributed by atoms with Crippen LogP contribution in [0.15, 0.2) is 71.6 Å². The van der Waals surface area contributed by atoms with E-state index in [-0.39, 0.29) is 29.4 Å². The average molecular weight is 381 g/mol. The van der Waals surface area contributed by atoms with Crippen molar-refractivity contribution in [3.63, 3.8) is 0 Å². The number of nitrogens with two attached hydrogens (primary N) is 1. The van der Waals surface area contributed by atoms with Crippen LogP contribution in [0.3, 0.4) is 0 Å². The van der Waals surface area contributed by atoms with Crippen LogP contribution >= 0.6 is 11.6 Å². The molecule has 1 aliphatic rings. The maximum absolute atomic E-state index is 12.8. The van der Waals surface area contributed by atoms with Crippen molar-refractivity contribution in [2.75, 3.05) is 6.61 Å². The summed E-state index contributed by atoms with van der Waals surface area (Å²) in [6.45, 7) is 1.91. The molecule has 0 radical (unpaired) electrons. The standard InChI is InChI=1S/C21H17ClN2O3/c1-2-26-21(25)18-17(13-8-10-15(22)11-9-13)16(12-23)20(24)27-19(18)14-6-4-3-5-7-14/h3-11,17H,2,24H2,1H3/t17-/m0/s1. The zero-order valence-corrected chi connectivity index (χ0v) is 15.4. The Morgan fingerprint density at radius 3 is 2.48 bits per heavy atom. The molecule has 5 nitrogen and oxygen atoms in total. The van der Waals surface area contributed by atoms with E-state index in [1.54, 1.807) is 43.3 Å². The Bertz CT molecular complexity index is 957. The Labute approximate surface area is 162 Å². The first-order valence-electron chi connectivity index (χ1n) is 8.36. The highest BCUT2D eigenvalue weighted by Crippen LogP contribution is 2.42. The number of hydrogen-bond acceptors (Lipinski definition) is 5. The molecule has 2 N–H and O–H groups in total. The number of carbonyl (C=O) groups excluding carboxylic acids is 1. The van der Waals surface area contributed by atoms with Gasteiger partial charge in [0.2, 0.25) is 5.88 Å². The highest BCUT2D eigenvalue weighted by Gasteiger charge is 2.38. The van der Waals surface area contributed by atoms with E-state index in [0.29, 0.717) is 16.1 Å². The number of benzene rings is 2. The maximum atomic E-state index is 12.8. The normalized spacial score (nSPS) is 16.6. The van der Waals surface area contributed by atoms with Crippen molar-refractivity contribution in [1.82, 2.24) is 0 Å². The number of nitriles is 1. The summed E-state index contributed by atoms with van der Waals surface area (Å²) >= 11 is 5.99. The first kappa shape index (κ1) is 18.6. The zero-order chi connectivity index (χ0) is 19.4. The third kappa shape index (κ3) is 3.67. The van der Waals surface area contributed by atoms with Crippen LogP contribution in [0.1, 0.15) is 24.0 Å². The molecule has 0 aliphatic carbocycles. The molecule has 0 aromatic heterocycles. The molecule has 136 valence electrons. The SMILES string of the molecule is CCOC(=O)C1=C(c2ccccc2)OC(N)=C(C#N)[C@@H]1c1ccc(Cl)cc1. The number of allylic oxidation sites excluding steroid dienone is 1. The third-order valence-corrected chi connectivity index (χ3v) is 4.41. The Kier molecular flexibility index (Phi) is 5.49. The summed E-state index contributed by atoms with van der Waals surface area (Å²) in [5.41, 5.74) is 7.78. The minimum atomic E-state index is -0.713. The number of hydrogen-bond donors (Lipinski definition) is 1. The van der Waals surface area contributed by atoms with Crippen molar-refractivity contribution in [2.45, 2.75) is 12.8 Å². The van der Waals surface area contributed by atoms with Gasteiger partial charge in [0.05, 0.1) is 18.1 Å². The average Bonchev–Trinajstić information content (AvgIpc) is 2.68. The molecule has 0 fully saturated rings. The summed E-state index contributed by atoms with van der Waals surface area (Å²) in [6, 6.07) is 18.1. The second-order valence-electron chi connectivity index (χ2n) is 5.81. The van der Waals surface area contributed by atoms with E-state index in [0.717, 1.165) is 0 Å². The molecule has 0 saturated carbocycles. The van der Waals surface area contributed by atoms with Crippen molar-refractivity contribution >= 4 is 23.3 Å². The van der Waals surface area contributed by atoms with Crippen LogP contribution in [-0.4, -0.2) is 12.6 Å². The Hall–Kier alpha value is -3.23. The van der Waals surface area contributed by atoms with Crippen LogP contribution in [-0.2, 0) is 14.3 Å². The van der Waals surface area contributed by atoms with E-state index < -0.39 is 11.9 Å². The van der Waals surface area contributed by atoms with Gasteiger partial charge in [-0.25, -0.2) is 4.79 Å². The second-order valence-corrected chi connectivity index (χ2v) is 6.24. The Balaban J connectivity index is 2.26. The van der Waals surface area contributed by atoms with E-state index in [4.69, 9.17) is 26.8 Å². The topological polar surface area (TPSA) is 85.3 Å². The number of esters is 1. The van der Waals surface area contributed by atoms with E-state index in [1.165, 1.54) is 0 Å². The lowest BCUT2D eigenvalue weighted by Gasteiger charge is -2.28. The summed E-state index contributed by atoms with van der Waals surface area (Å²) in [5.74, 6) is -1.03. The molecule has 0 unspecified atom stereocenters. The van der Waals surface area contributed by atoms with Gasteiger partial charge in [-0.2, -0.15) is 5.26 Å². The largest absolute Gasteiger partial charge is 0.463 e. The molecule has 1 atom stereocenters. The molecule has 27 heavy (non-hydrogen) atoms. The van der Waals surface area contributed by atoms with Crippen LogP contribution < -0.4 is 5.73 Å². The summed E-state index contributed by atoms with van der Waals surface area (Å²) in [5, 5.41) is 10.2. The molecular weight excluding hydrogens is 364 g/mol. The van der Waals surface area contributed by atoms with E-state index in [9.17, 15) is 10.1 Å². The van der Waals surface area contributed by atoms with Crippen LogP contribution in [0, 0.1) is 11.3 Å². The monoisotopic (exact) mass is 380 g/mol. The first-order valence-corrected chi connectivity index (χ1v) is 8.74. The van der Waals surface area contributed by atoms with Crippen LogP contribution in [0.2, 0.25) is 5.02 Å². The van der Waals surface area contributed by atoms with Gasteiger partial charge in [-0.15, -0.1) is 0 Å². The predicted octanol–water partition coefficient (Wildman–Crippen LogP) is 4.12. The van der Waals surface area contributed by atoms with Gasteiger partial charge in [0.1, 0.15) is 17.4 Å². The second kappa shape index (κ2) is 7.98. The van der Waals surface area contributed by atoms with Gasteiger partial charge in [-0.05, 0) is 24.6 Å². The first-order chi connectivity index (χ1) is 13.1. The summed E-state index contributed by atoms with van der Waals surface area (Å²) in [7, 11) is 0. The number of nitrogens with zero attached hydrogens (tertiary/aromatic N) is 1. The van der Waals surface area contributed by atoms with E-state index >= 15 is 0 Å². The van der Waals surface area contributed by atoms with Gasteiger partial charge in [-0.3, -0.25) is 0 Å². The van der Waals surface area contributed by atoms with Gasteiger partial charge in [0, 0.05) is 10.6 Å². The Morgan fingerprint density at radius 1 is 1.22 bits per heavy atom. The van der Waals surface area contributed by atoms with Crippen molar-refractivity contribution in [2.24, 2.45) is 5.73 Å². The van der Waals surface area contributed by atoms with Gasteiger partial charge in [0.15, 0.2) is 0 Å². The highest BCUT2D eigenvalue weighted by atomic mass is 35.5. The quantitative estimate of drug-likeness (QED) is 0.806. The number of halogens is 1. The van der Waals surface area contributed by atoms with Crippen molar-refractivity contribution in [1.29, 1.82) is 5.26 Å². The molecule has 6 heteroatoms. The zero-order valence-electron chi connectivity index (χ0n) is 14.6. The maximum Gasteiger partial charge on any atom is 0.338 e. The van der Waals surface area contributed by atoms with Gasteiger partial charge >= 0.3 is 5.97 Å². The van der Waals surface area contributed by atoms with E-state index in [1.807, 2.05) is 18.2 Å². The van der Waals surface area contributed by atoms with Crippen LogP contribution in [0.5, 0.6) is 0 Å². The molecule has 0 amide bonds. The molecule has 0 spiro atoms. The van der Waals surface area contributed by atoms with E-state index in [2.05, 4.69) is 6.07 Å². The molecule has 0 bridgehead atoms. The number of rotatable bonds is 4. The number of carbonyl (C=O) groups is 1. The van der Waals surface area contributed by atoms with Crippen molar-refractivity contribution in [3.05, 3.63) is 87.8 Å². The Morgan fingerprint density at radius 2 is 1.89 bits per heavy atom. The molecule has 1 heterocycles. The van der Waals surface area contributed by atoms with Gasteiger partial charge in [-0.1, -0.05) is 54.1 Å². The molecule has 0 saturated heterocycles. The minimum absolute atomic E-state index is 0.0376. The van der Waals surface area contributed by atoms with Crippen molar-refractivity contribution in [3.8, 4) is 6.07 Å². The minimum Gasteiger partial charge on any atom is -0.463 e. The lowest BCUT2D eigenvalue weighted by Crippen LogP contribution is -2.25. The molecule has 2 aromatic rings. The smallest absolute Gasteiger partial charge is 0.338 e. The predicted molar refractivity (Wildman–Crippen MR) is 102 cm³/mol. The summed E-state index contributed by atoms with van der Waals surface area (Å²) in [4.78, 5) is 12.8. The molecule has 2 aromatic carbocycles. The van der Waals surface area contributed by atoms with Gasteiger partial charge in [0.25, 0.3) is 0 Å². The van der Waals surface area contributed by atoms with Crippen LogP contribution in [0.25, 0.3) is 5.76 Å². The number of ether oxygens (including phenoxy) is 2. The van der Waals surface area contributed by atoms with Crippen molar-refractivity contribution < 1.29 is 14.3 Å². The lowest BCUT2D eigenvalue weighted by atomic mass is 9.82. The highest BCUT2D eigenvalue weighted by molar-refractivity contribution is 6.30. The van der Waals surface area contributed by atoms with Gasteiger partial charge < -0.3 is 15.2 Å². The van der Waals surface area contributed by atoms with Crippen LogP contribution in [0.4, 0.5) is 0 Å².